The van der Waals surface area contributed by atoms with Crippen molar-refractivity contribution in [2.45, 2.75) is 0 Å². The summed E-state index contributed by atoms with van der Waals surface area (Å²) in [5, 5.41) is 2.13. The van der Waals surface area contributed by atoms with E-state index in [1.807, 2.05) is 6.07 Å². The van der Waals surface area contributed by atoms with E-state index in [1.165, 1.54) is 0 Å². The number of hydrogen-bond acceptors (Lipinski definition) is 6. The van der Waals surface area contributed by atoms with E-state index in [2.05, 4.69) is 5.32 Å². The maximum absolute atomic E-state index is 12.5. The van der Waals surface area contributed by atoms with Gasteiger partial charge in [-0.2, -0.15) is 0 Å². The van der Waals surface area contributed by atoms with Crippen LogP contribution < -0.4 is 15.8 Å². The number of ether oxygens (including phenoxy) is 1. The lowest BCUT2D eigenvalue weighted by atomic mass is 10.2. The quantitative estimate of drug-likeness (QED) is 0.675. The zero-order valence-corrected chi connectivity index (χ0v) is 16.0. The number of rotatable bonds is 7. The molecule has 0 bridgehead atoms. The number of carbonyl (C=O) groups excluding carboxylic acids is 4. The molecule has 1 fully saturated rings. The van der Waals surface area contributed by atoms with Crippen molar-refractivity contribution in [1.82, 2.24) is 4.90 Å². The lowest BCUT2D eigenvalue weighted by Crippen LogP contribution is -2.36. The number of benzene rings is 2. The Balaban J connectivity index is 1.63. The zero-order valence-electron chi connectivity index (χ0n) is 15.2. The maximum Gasteiger partial charge on any atom is 0.294 e. The molecule has 148 valence electrons. The average molecular weight is 411 g/mol. The fourth-order valence-corrected chi connectivity index (χ4v) is 3.31. The largest absolute Gasteiger partial charge is 0.484 e. The third kappa shape index (κ3) is 5.45. The molecule has 1 aliphatic rings. The monoisotopic (exact) mass is 411 g/mol. The molecular formula is C20H17N3O5S. The van der Waals surface area contributed by atoms with Gasteiger partial charge in [0.2, 0.25) is 5.91 Å². The Labute approximate surface area is 170 Å². The molecule has 8 nitrogen and oxygen atoms in total. The molecule has 0 unspecified atom stereocenters. The third-order valence-electron chi connectivity index (χ3n) is 3.79. The summed E-state index contributed by atoms with van der Waals surface area (Å²) in [7, 11) is 0. The van der Waals surface area contributed by atoms with Crippen LogP contribution in [0.5, 0.6) is 5.75 Å². The molecule has 9 heteroatoms. The van der Waals surface area contributed by atoms with Crippen molar-refractivity contribution < 1.29 is 23.9 Å². The molecule has 0 saturated carbocycles. The van der Waals surface area contributed by atoms with E-state index in [-0.39, 0.29) is 18.1 Å². The number of imide groups is 1. The standard InChI is InChI=1S/C20H17N3O5S/c21-17(24)12-28-15-8-6-13(7-9-15)10-16-19(26)23(20(27)29-16)11-18(25)22-14-4-2-1-3-5-14/h1-10H,11-12H2,(H2,21,24)(H,22,25)/b16-10+. The Morgan fingerprint density at radius 3 is 2.41 bits per heavy atom. The summed E-state index contributed by atoms with van der Waals surface area (Å²) < 4.78 is 5.17. The summed E-state index contributed by atoms with van der Waals surface area (Å²) in [6, 6.07) is 15.3. The highest BCUT2D eigenvalue weighted by molar-refractivity contribution is 8.18. The first-order valence-corrected chi connectivity index (χ1v) is 9.35. The number of para-hydroxylation sites is 1. The molecule has 3 N–H and O–H groups in total. The van der Waals surface area contributed by atoms with Gasteiger partial charge in [0.25, 0.3) is 17.1 Å². The van der Waals surface area contributed by atoms with Crippen molar-refractivity contribution in [2.75, 3.05) is 18.5 Å². The van der Waals surface area contributed by atoms with Crippen LogP contribution in [-0.4, -0.2) is 41.0 Å². The van der Waals surface area contributed by atoms with Gasteiger partial charge in [0.05, 0.1) is 4.91 Å². The van der Waals surface area contributed by atoms with Crippen LogP contribution in [0, 0.1) is 0 Å². The van der Waals surface area contributed by atoms with Crippen LogP contribution in [0.2, 0.25) is 0 Å². The van der Waals surface area contributed by atoms with E-state index in [1.54, 1.807) is 54.6 Å². The van der Waals surface area contributed by atoms with E-state index in [0.717, 1.165) is 16.7 Å². The molecular weight excluding hydrogens is 394 g/mol. The number of amides is 4. The molecule has 29 heavy (non-hydrogen) atoms. The number of nitrogens with two attached hydrogens (primary N) is 1. The lowest BCUT2D eigenvalue weighted by Gasteiger charge is -2.12. The SMILES string of the molecule is NC(=O)COc1ccc(/C=C2/SC(=O)N(CC(=O)Nc3ccccc3)C2=O)cc1. The van der Waals surface area contributed by atoms with Crippen LogP contribution in [0.1, 0.15) is 5.56 Å². The van der Waals surface area contributed by atoms with Crippen molar-refractivity contribution in [3.63, 3.8) is 0 Å². The first kappa shape index (κ1) is 20.2. The van der Waals surface area contributed by atoms with E-state index >= 15 is 0 Å². The van der Waals surface area contributed by atoms with Gasteiger partial charge in [0, 0.05) is 5.69 Å². The smallest absolute Gasteiger partial charge is 0.294 e. The summed E-state index contributed by atoms with van der Waals surface area (Å²) in [5.74, 6) is -1.13. The van der Waals surface area contributed by atoms with Gasteiger partial charge in [-0.25, -0.2) is 0 Å². The predicted molar refractivity (Wildman–Crippen MR) is 109 cm³/mol. The molecule has 0 spiro atoms. The summed E-state index contributed by atoms with van der Waals surface area (Å²) in [4.78, 5) is 48.7. The second-order valence-corrected chi connectivity index (χ2v) is 7.00. The van der Waals surface area contributed by atoms with Crippen LogP contribution in [-0.2, 0) is 14.4 Å². The highest BCUT2D eigenvalue weighted by Crippen LogP contribution is 2.32. The van der Waals surface area contributed by atoms with Gasteiger partial charge in [0.1, 0.15) is 12.3 Å². The molecule has 0 radical (unpaired) electrons. The van der Waals surface area contributed by atoms with Crippen molar-refractivity contribution in [3.8, 4) is 5.75 Å². The van der Waals surface area contributed by atoms with E-state index < -0.39 is 23.0 Å². The van der Waals surface area contributed by atoms with Gasteiger partial charge in [-0.05, 0) is 47.7 Å². The Hall–Kier alpha value is -3.59. The van der Waals surface area contributed by atoms with Gasteiger partial charge in [0.15, 0.2) is 6.61 Å². The van der Waals surface area contributed by atoms with Crippen LogP contribution in [0.4, 0.5) is 10.5 Å². The number of hydrogen-bond donors (Lipinski definition) is 2. The average Bonchev–Trinajstić information content (AvgIpc) is 2.95. The molecule has 3 rings (SSSR count). The van der Waals surface area contributed by atoms with Crippen molar-refractivity contribution in [1.29, 1.82) is 0 Å². The molecule has 1 saturated heterocycles. The second kappa shape index (κ2) is 9.07. The predicted octanol–water partition coefficient (Wildman–Crippen LogP) is 2.23. The van der Waals surface area contributed by atoms with Crippen LogP contribution >= 0.6 is 11.8 Å². The molecule has 0 aliphatic carbocycles. The van der Waals surface area contributed by atoms with E-state index in [9.17, 15) is 19.2 Å². The number of anilines is 1. The van der Waals surface area contributed by atoms with E-state index in [0.29, 0.717) is 17.0 Å². The highest BCUT2D eigenvalue weighted by atomic mass is 32.2. The Bertz CT molecular complexity index is 973. The second-order valence-electron chi connectivity index (χ2n) is 6.01. The minimum Gasteiger partial charge on any atom is -0.484 e. The van der Waals surface area contributed by atoms with Crippen molar-refractivity contribution >= 4 is 46.5 Å². The zero-order chi connectivity index (χ0) is 20.8. The molecule has 1 aliphatic heterocycles. The maximum atomic E-state index is 12.5. The van der Waals surface area contributed by atoms with Crippen molar-refractivity contribution in [3.05, 3.63) is 65.1 Å². The highest BCUT2D eigenvalue weighted by Gasteiger charge is 2.36. The van der Waals surface area contributed by atoms with Crippen LogP contribution in [0.25, 0.3) is 6.08 Å². The van der Waals surface area contributed by atoms with E-state index in [4.69, 9.17) is 10.5 Å². The summed E-state index contributed by atoms with van der Waals surface area (Å²) in [6.45, 7) is -0.597. The number of nitrogens with zero attached hydrogens (tertiary/aromatic N) is 1. The first-order chi connectivity index (χ1) is 13.9. The van der Waals surface area contributed by atoms with Gasteiger partial charge in [-0.1, -0.05) is 30.3 Å². The summed E-state index contributed by atoms with van der Waals surface area (Å²) >= 11 is 0.769. The Morgan fingerprint density at radius 2 is 1.76 bits per heavy atom. The lowest BCUT2D eigenvalue weighted by molar-refractivity contribution is -0.127. The van der Waals surface area contributed by atoms with Gasteiger partial charge >= 0.3 is 0 Å². The number of nitrogens with one attached hydrogen (secondary N) is 1. The number of primary amides is 1. The molecule has 0 aromatic heterocycles. The minimum atomic E-state index is -0.584. The number of carbonyl (C=O) groups is 4. The van der Waals surface area contributed by atoms with Gasteiger partial charge in [-0.15, -0.1) is 0 Å². The summed E-state index contributed by atoms with van der Waals surface area (Å²) in [6.07, 6.45) is 1.55. The van der Waals surface area contributed by atoms with Crippen LogP contribution in [0.15, 0.2) is 59.5 Å². The molecule has 2 aromatic carbocycles. The molecule has 0 atom stereocenters. The first-order valence-electron chi connectivity index (χ1n) is 8.54. The van der Waals surface area contributed by atoms with Crippen molar-refractivity contribution in [2.24, 2.45) is 5.73 Å². The fourth-order valence-electron chi connectivity index (χ4n) is 2.47. The number of thioether (sulfide) groups is 1. The topological polar surface area (TPSA) is 119 Å². The van der Waals surface area contributed by atoms with Gasteiger partial charge in [-0.3, -0.25) is 24.1 Å². The molecule has 1 heterocycles. The van der Waals surface area contributed by atoms with Crippen LogP contribution in [0.3, 0.4) is 0 Å². The minimum absolute atomic E-state index is 0.216. The molecule has 4 amide bonds. The normalized spacial score (nSPS) is 14.9. The Kier molecular flexibility index (Phi) is 6.30. The third-order valence-corrected chi connectivity index (χ3v) is 4.70. The summed E-state index contributed by atoms with van der Waals surface area (Å²) in [5.41, 5.74) is 6.26. The Morgan fingerprint density at radius 1 is 1.07 bits per heavy atom. The fraction of sp³-hybridized carbons (Fsp3) is 0.100. The molecule has 2 aromatic rings. The van der Waals surface area contributed by atoms with Gasteiger partial charge < -0.3 is 15.8 Å².